The zero-order chi connectivity index (χ0) is 12.5. The summed E-state index contributed by atoms with van der Waals surface area (Å²) in [4.78, 5) is 15.4. The number of aryl methyl sites for hydroxylation is 1. The standard InChI is InChI=1S/C10H18N4O3/c1-17-6-9(3-5-15)13-10(16)2-4-14-8-11-7-12-14/h7-9,15H,2-6H2,1H3,(H,13,16). The van der Waals surface area contributed by atoms with Crippen molar-refractivity contribution in [2.45, 2.75) is 25.4 Å². The predicted octanol–water partition coefficient (Wildman–Crippen LogP) is -0.818. The molecule has 1 atom stereocenters. The summed E-state index contributed by atoms with van der Waals surface area (Å²) < 4.78 is 6.55. The van der Waals surface area contributed by atoms with Crippen molar-refractivity contribution >= 4 is 5.91 Å². The number of ether oxygens (including phenoxy) is 1. The van der Waals surface area contributed by atoms with Gasteiger partial charge in [0.25, 0.3) is 0 Å². The van der Waals surface area contributed by atoms with E-state index in [1.807, 2.05) is 0 Å². The maximum Gasteiger partial charge on any atom is 0.222 e. The number of nitrogens with one attached hydrogen (secondary N) is 1. The molecule has 96 valence electrons. The van der Waals surface area contributed by atoms with Gasteiger partial charge in [0.15, 0.2) is 0 Å². The molecule has 1 heterocycles. The van der Waals surface area contributed by atoms with Crippen molar-refractivity contribution in [1.29, 1.82) is 0 Å². The van der Waals surface area contributed by atoms with E-state index in [1.165, 1.54) is 6.33 Å². The lowest BCUT2D eigenvalue weighted by Gasteiger charge is -2.16. The predicted molar refractivity (Wildman–Crippen MR) is 60.1 cm³/mol. The molecule has 0 fully saturated rings. The third kappa shape index (κ3) is 5.41. The molecule has 0 radical (unpaired) electrons. The van der Waals surface area contributed by atoms with Gasteiger partial charge in [-0.1, -0.05) is 0 Å². The van der Waals surface area contributed by atoms with E-state index in [2.05, 4.69) is 15.4 Å². The first-order valence-corrected chi connectivity index (χ1v) is 5.48. The summed E-state index contributed by atoms with van der Waals surface area (Å²) >= 11 is 0. The van der Waals surface area contributed by atoms with E-state index in [0.29, 0.717) is 26.0 Å². The summed E-state index contributed by atoms with van der Waals surface area (Å²) in [6.45, 7) is 0.914. The zero-order valence-corrected chi connectivity index (χ0v) is 9.87. The third-order valence-corrected chi connectivity index (χ3v) is 2.25. The van der Waals surface area contributed by atoms with E-state index in [4.69, 9.17) is 9.84 Å². The van der Waals surface area contributed by atoms with E-state index in [1.54, 1.807) is 18.1 Å². The normalized spacial score (nSPS) is 12.4. The van der Waals surface area contributed by atoms with Gasteiger partial charge in [-0.05, 0) is 6.42 Å². The summed E-state index contributed by atoms with van der Waals surface area (Å²) in [6, 6.07) is -0.145. The molecule has 0 saturated carbocycles. The van der Waals surface area contributed by atoms with Gasteiger partial charge in [0.05, 0.1) is 19.2 Å². The molecule has 1 rings (SSSR count). The number of methoxy groups -OCH3 is 1. The number of amides is 1. The first kappa shape index (κ1) is 13.6. The molecule has 17 heavy (non-hydrogen) atoms. The molecular weight excluding hydrogens is 224 g/mol. The van der Waals surface area contributed by atoms with E-state index in [-0.39, 0.29) is 18.6 Å². The van der Waals surface area contributed by atoms with Crippen molar-refractivity contribution in [2.24, 2.45) is 0 Å². The lowest BCUT2D eigenvalue weighted by molar-refractivity contribution is -0.122. The molecule has 0 spiro atoms. The highest BCUT2D eigenvalue weighted by atomic mass is 16.5. The zero-order valence-electron chi connectivity index (χ0n) is 9.87. The summed E-state index contributed by atoms with van der Waals surface area (Å²) in [5.41, 5.74) is 0. The van der Waals surface area contributed by atoms with Crippen LogP contribution in [0.2, 0.25) is 0 Å². The minimum Gasteiger partial charge on any atom is -0.396 e. The van der Waals surface area contributed by atoms with Gasteiger partial charge in [0.1, 0.15) is 12.7 Å². The fourth-order valence-electron chi connectivity index (χ4n) is 1.42. The monoisotopic (exact) mass is 242 g/mol. The molecule has 0 bridgehead atoms. The van der Waals surface area contributed by atoms with E-state index in [9.17, 15) is 4.79 Å². The number of aliphatic hydroxyl groups is 1. The maximum absolute atomic E-state index is 11.6. The van der Waals surface area contributed by atoms with Crippen LogP contribution in [-0.4, -0.2) is 52.1 Å². The highest BCUT2D eigenvalue weighted by Gasteiger charge is 2.11. The first-order chi connectivity index (χ1) is 8.26. The number of carbonyl (C=O) groups excluding carboxylic acids is 1. The summed E-state index contributed by atoms with van der Waals surface area (Å²) in [5, 5.41) is 15.5. The van der Waals surface area contributed by atoms with Crippen LogP contribution in [0.1, 0.15) is 12.8 Å². The molecule has 7 nitrogen and oxygen atoms in total. The van der Waals surface area contributed by atoms with Crippen LogP contribution in [0.5, 0.6) is 0 Å². The molecule has 1 aromatic heterocycles. The maximum atomic E-state index is 11.6. The smallest absolute Gasteiger partial charge is 0.222 e. The Labute approximate surface area is 99.8 Å². The van der Waals surface area contributed by atoms with Crippen LogP contribution in [0, 0.1) is 0 Å². The average Bonchev–Trinajstić information content (AvgIpc) is 2.80. The van der Waals surface area contributed by atoms with Crippen LogP contribution in [-0.2, 0) is 16.1 Å². The lowest BCUT2D eigenvalue weighted by atomic mass is 10.2. The molecule has 0 saturated heterocycles. The van der Waals surface area contributed by atoms with Crippen LogP contribution < -0.4 is 5.32 Å². The van der Waals surface area contributed by atoms with Gasteiger partial charge in [-0.3, -0.25) is 9.48 Å². The third-order valence-electron chi connectivity index (χ3n) is 2.25. The second-order valence-corrected chi connectivity index (χ2v) is 3.64. The van der Waals surface area contributed by atoms with Crippen molar-refractivity contribution in [2.75, 3.05) is 20.3 Å². The Morgan fingerprint density at radius 2 is 2.47 bits per heavy atom. The van der Waals surface area contributed by atoms with E-state index >= 15 is 0 Å². The van der Waals surface area contributed by atoms with Gasteiger partial charge in [-0.15, -0.1) is 0 Å². The fraction of sp³-hybridized carbons (Fsp3) is 0.700. The molecule has 0 aliphatic rings. The second kappa shape index (κ2) is 7.75. The number of carbonyl (C=O) groups is 1. The minimum atomic E-state index is -0.145. The van der Waals surface area contributed by atoms with Crippen molar-refractivity contribution in [3.05, 3.63) is 12.7 Å². The highest BCUT2D eigenvalue weighted by molar-refractivity contribution is 5.76. The highest BCUT2D eigenvalue weighted by Crippen LogP contribution is 1.94. The topological polar surface area (TPSA) is 89.3 Å². The fourth-order valence-corrected chi connectivity index (χ4v) is 1.42. The quantitative estimate of drug-likeness (QED) is 0.622. The molecule has 1 amide bonds. The van der Waals surface area contributed by atoms with Gasteiger partial charge in [0.2, 0.25) is 5.91 Å². The lowest BCUT2D eigenvalue weighted by Crippen LogP contribution is -2.39. The van der Waals surface area contributed by atoms with Crippen molar-refractivity contribution < 1.29 is 14.6 Å². The Balaban J connectivity index is 2.26. The van der Waals surface area contributed by atoms with Crippen LogP contribution >= 0.6 is 0 Å². The summed E-state index contributed by atoms with van der Waals surface area (Å²) in [7, 11) is 1.56. The van der Waals surface area contributed by atoms with Gasteiger partial charge in [-0.25, -0.2) is 4.98 Å². The Morgan fingerprint density at radius 3 is 3.06 bits per heavy atom. The number of hydrogen-bond donors (Lipinski definition) is 2. The summed E-state index contributed by atoms with van der Waals surface area (Å²) in [6.07, 6.45) is 3.81. The van der Waals surface area contributed by atoms with E-state index < -0.39 is 0 Å². The molecular formula is C10H18N4O3. The molecule has 0 aliphatic carbocycles. The minimum absolute atomic E-state index is 0.0252. The second-order valence-electron chi connectivity index (χ2n) is 3.64. The van der Waals surface area contributed by atoms with Crippen LogP contribution in [0.4, 0.5) is 0 Å². The van der Waals surface area contributed by atoms with Gasteiger partial charge < -0.3 is 15.2 Å². The van der Waals surface area contributed by atoms with Crippen LogP contribution in [0.15, 0.2) is 12.7 Å². The Kier molecular flexibility index (Phi) is 6.19. The first-order valence-electron chi connectivity index (χ1n) is 5.48. The largest absolute Gasteiger partial charge is 0.396 e. The number of nitrogens with zero attached hydrogens (tertiary/aromatic N) is 3. The van der Waals surface area contributed by atoms with Crippen molar-refractivity contribution in [1.82, 2.24) is 20.1 Å². The van der Waals surface area contributed by atoms with Crippen LogP contribution in [0.25, 0.3) is 0 Å². The van der Waals surface area contributed by atoms with Gasteiger partial charge >= 0.3 is 0 Å². The number of rotatable bonds is 8. The molecule has 0 aliphatic heterocycles. The molecule has 0 aromatic carbocycles. The number of aliphatic hydroxyl groups excluding tert-OH is 1. The SMILES string of the molecule is COCC(CCO)NC(=O)CCn1cncn1. The molecule has 2 N–H and O–H groups in total. The average molecular weight is 242 g/mol. The molecule has 1 aromatic rings. The number of aromatic nitrogens is 3. The van der Waals surface area contributed by atoms with Gasteiger partial charge in [-0.2, -0.15) is 5.10 Å². The molecule has 7 heteroatoms. The van der Waals surface area contributed by atoms with E-state index in [0.717, 1.165) is 0 Å². The number of hydrogen-bond acceptors (Lipinski definition) is 5. The molecule has 1 unspecified atom stereocenters. The summed E-state index contributed by atoms with van der Waals surface area (Å²) in [5.74, 6) is -0.0870. The van der Waals surface area contributed by atoms with Crippen molar-refractivity contribution in [3.63, 3.8) is 0 Å². The Morgan fingerprint density at radius 1 is 1.65 bits per heavy atom. The van der Waals surface area contributed by atoms with Gasteiger partial charge in [0, 0.05) is 20.1 Å². The Hall–Kier alpha value is -1.47. The van der Waals surface area contributed by atoms with Crippen LogP contribution in [0.3, 0.4) is 0 Å². The van der Waals surface area contributed by atoms with Crippen molar-refractivity contribution in [3.8, 4) is 0 Å². The Bertz CT molecular complexity index is 309.